The molecular formula is C14H15FN6OS. The Morgan fingerprint density at radius 2 is 1.87 bits per heavy atom. The van der Waals surface area contributed by atoms with Gasteiger partial charge in [-0.05, 0) is 25.0 Å². The lowest BCUT2D eigenvalue weighted by molar-refractivity contribution is -0.119. The topological polar surface area (TPSA) is 111 Å². The highest BCUT2D eigenvalue weighted by molar-refractivity contribution is 8.00. The molecule has 0 saturated carbocycles. The van der Waals surface area contributed by atoms with Gasteiger partial charge in [0.15, 0.2) is 5.16 Å². The van der Waals surface area contributed by atoms with E-state index < -0.39 is 11.1 Å². The number of nitrogen functional groups attached to an aromatic ring is 2. The van der Waals surface area contributed by atoms with Gasteiger partial charge in [-0.25, -0.2) is 4.39 Å². The predicted octanol–water partition coefficient (Wildman–Crippen LogP) is 1.46. The Morgan fingerprint density at radius 3 is 2.57 bits per heavy atom. The summed E-state index contributed by atoms with van der Waals surface area (Å²) < 4.78 is 13.9. The number of hydrogen-bond donors (Lipinski definition) is 2. The van der Waals surface area contributed by atoms with E-state index in [1.54, 1.807) is 18.2 Å². The number of carbonyl (C=O) groups excluding carboxylic acids is 1. The number of halogens is 1. The first-order chi connectivity index (χ1) is 11.0. The van der Waals surface area contributed by atoms with Crippen molar-refractivity contribution in [1.29, 1.82) is 0 Å². The quantitative estimate of drug-likeness (QED) is 0.874. The molecule has 1 amide bonds. The highest BCUT2D eigenvalue weighted by Crippen LogP contribution is 2.32. The summed E-state index contributed by atoms with van der Waals surface area (Å²) in [6, 6.07) is 6.23. The molecule has 1 aliphatic heterocycles. The van der Waals surface area contributed by atoms with Gasteiger partial charge >= 0.3 is 0 Å². The van der Waals surface area contributed by atoms with Crippen LogP contribution in [-0.2, 0) is 4.79 Å². The molecule has 2 aromatic rings. The fraction of sp³-hybridized carbons (Fsp3) is 0.286. The van der Waals surface area contributed by atoms with E-state index in [0.29, 0.717) is 18.1 Å². The first-order valence-electron chi connectivity index (χ1n) is 7.04. The van der Waals surface area contributed by atoms with Crippen molar-refractivity contribution < 1.29 is 9.18 Å². The fourth-order valence-electron chi connectivity index (χ4n) is 2.43. The monoisotopic (exact) mass is 334 g/mol. The number of piperidine rings is 1. The van der Waals surface area contributed by atoms with Crippen molar-refractivity contribution in [3.05, 3.63) is 30.1 Å². The Morgan fingerprint density at radius 1 is 1.17 bits per heavy atom. The van der Waals surface area contributed by atoms with Gasteiger partial charge in [0.2, 0.25) is 17.8 Å². The number of thioether (sulfide) groups is 1. The second kappa shape index (κ2) is 6.37. The number of anilines is 3. The third-order valence-corrected chi connectivity index (χ3v) is 4.55. The van der Waals surface area contributed by atoms with Crippen molar-refractivity contribution in [2.45, 2.75) is 23.2 Å². The normalized spacial score (nSPS) is 18.2. The van der Waals surface area contributed by atoms with E-state index in [-0.39, 0.29) is 23.5 Å². The molecule has 1 saturated heterocycles. The second-order valence-corrected chi connectivity index (χ2v) is 6.19. The van der Waals surface area contributed by atoms with Crippen LogP contribution in [0.5, 0.6) is 0 Å². The molecule has 120 valence electrons. The number of hydrogen-bond acceptors (Lipinski definition) is 7. The lowest BCUT2D eigenvalue weighted by Gasteiger charge is -2.31. The van der Waals surface area contributed by atoms with Crippen LogP contribution in [0.15, 0.2) is 29.4 Å². The zero-order chi connectivity index (χ0) is 16.4. The number of carbonyl (C=O) groups is 1. The minimum atomic E-state index is -0.417. The summed E-state index contributed by atoms with van der Waals surface area (Å²) in [5, 5.41) is -0.117. The van der Waals surface area contributed by atoms with Crippen LogP contribution in [0.4, 0.5) is 22.0 Å². The first kappa shape index (κ1) is 15.5. The second-order valence-electron chi connectivity index (χ2n) is 5.02. The van der Waals surface area contributed by atoms with Crippen LogP contribution in [0.2, 0.25) is 0 Å². The molecule has 1 aliphatic rings. The van der Waals surface area contributed by atoms with Crippen LogP contribution >= 0.6 is 11.8 Å². The molecule has 1 aromatic heterocycles. The molecule has 0 radical (unpaired) electrons. The van der Waals surface area contributed by atoms with Gasteiger partial charge in [-0.1, -0.05) is 23.9 Å². The van der Waals surface area contributed by atoms with Crippen LogP contribution in [0.1, 0.15) is 12.8 Å². The molecule has 9 heteroatoms. The summed E-state index contributed by atoms with van der Waals surface area (Å²) >= 11 is 1.17. The van der Waals surface area contributed by atoms with Gasteiger partial charge in [0.05, 0.1) is 10.9 Å². The van der Waals surface area contributed by atoms with E-state index in [2.05, 4.69) is 15.0 Å². The van der Waals surface area contributed by atoms with E-state index in [4.69, 9.17) is 11.5 Å². The Labute approximate surface area is 136 Å². The Hall–Kier alpha value is -2.42. The average Bonchev–Trinajstić information content (AvgIpc) is 2.49. The van der Waals surface area contributed by atoms with Gasteiger partial charge in [0, 0.05) is 6.54 Å². The van der Waals surface area contributed by atoms with Gasteiger partial charge in [0.1, 0.15) is 5.82 Å². The number of aromatic nitrogens is 3. The number of para-hydroxylation sites is 1. The molecule has 23 heavy (non-hydrogen) atoms. The number of nitrogens with two attached hydrogens (primary N) is 2. The molecule has 1 fully saturated rings. The van der Waals surface area contributed by atoms with E-state index in [1.165, 1.54) is 22.7 Å². The number of nitrogens with zero attached hydrogens (tertiary/aromatic N) is 4. The highest BCUT2D eigenvalue weighted by Gasteiger charge is 2.32. The fourth-order valence-corrected chi connectivity index (χ4v) is 3.49. The molecule has 2 heterocycles. The minimum absolute atomic E-state index is 0.00854. The minimum Gasteiger partial charge on any atom is -0.368 e. The summed E-state index contributed by atoms with van der Waals surface area (Å²) in [4.78, 5) is 25.8. The zero-order valence-electron chi connectivity index (χ0n) is 12.1. The third kappa shape index (κ3) is 3.34. The number of rotatable bonds is 3. The molecule has 7 nitrogen and oxygen atoms in total. The molecule has 1 atom stereocenters. The van der Waals surface area contributed by atoms with Crippen molar-refractivity contribution in [3.8, 4) is 0 Å². The Kier molecular flexibility index (Phi) is 4.28. The van der Waals surface area contributed by atoms with Crippen LogP contribution in [-0.4, -0.2) is 32.7 Å². The molecule has 0 bridgehead atoms. The molecule has 4 N–H and O–H groups in total. The van der Waals surface area contributed by atoms with Crippen molar-refractivity contribution in [2.75, 3.05) is 22.9 Å². The summed E-state index contributed by atoms with van der Waals surface area (Å²) in [5.41, 5.74) is 11.4. The van der Waals surface area contributed by atoms with Crippen molar-refractivity contribution in [1.82, 2.24) is 15.0 Å². The molecular weight excluding hydrogens is 319 g/mol. The molecule has 1 aromatic carbocycles. The van der Waals surface area contributed by atoms with Gasteiger partial charge in [-0.2, -0.15) is 15.0 Å². The smallest absolute Gasteiger partial charge is 0.240 e. The Balaban J connectivity index is 1.81. The third-order valence-electron chi connectivity index (χ3n) is 3.43. The van der Waals surface area contributed by atoms with Crippen molar-refractivity contribution >= 4 is 35.3 Å². The summed E-state index contributed by atoms with van der Waals surface area (Å²) in [7, 11) is 0. The van der Waals surface area contributed by atoms with Crippen molar-refractivity contribution in [2.24, 2.45) is 0 Å². The maximum absolute atomic E-state index is 13.9. The van der Waals surface area contributed by atoms with Crippen LogP contribution < -0.4 is 16.4 Å². The predicted molar refractivity (Wildman–Crippen MR) is 86.3 cm³/mol. The van der Waals surface area contributed by atoms with E-state index in [9.17, 15) is 9.18 Å². The summed E-state index contributed by atoms with van der Waals surface area (Å²) in [6.45, 7) is 0.484. The molecule has 3 rings (SSSR count). The summed E-state index contributed by atoms with van der Waals surface area (Å²) in [6.07, 6.45) is 1.41. The lowest BCUT2D eigenvalue weighted by atomic mass is 10.1. The van der Waals surface area contributed by atoms with E-state index in [0.717, 1.165) is 6.42 Å². The largest absolute Gasteiger partial charge is 0.368 e. The number of amides is 1. The van der Waals surface area contributed by atoms with Gasteiger partial charge < -0.3 is 16.4 Å². The van der Waals surface area contributed by atoms with E-state index in [1.807, 2.05) is 0 Å². The maximum atomic E-state index is 13.9. The standard InChI is InChI=1S/C14H15FN6OS/c15-8-4-1-2-5-9(8)21-7-3-6-10(11(21)22)23-14-19-12(16)18-13(17)20-14/h1-2,4-5,10H,3,6-7H2,(H4,16,17,18,19,20)/t10-/m0/s1. The Bertz CT molecular complexity index is 723. The average molecular weight is 334 g/mol. The van der Waals surface area contributed by atoms with Gasteiger partial charge in [-0.15, -0.1) is 0 Å². The summed E-state index contributed by atoms with van der Waals surface area (Å²) in [5.74, 6) is -0.576. The van der Waals surface area contributed by atoms with Gasteiger partial charge in [-0.3, -0.25) is 4.79 Å². The molecule has 0 aliphatic carbocycles. The van der Waals surface area contributed by atoms with Gasteiger partial charge in [0.25, 0.3) is 0 Å². The van der Waals surface area contributed by atoms with Crippen LogP contribution in [0.3, 0.4) is 0 Å². The molecule has 0 spiro atoms. The number of benzene rings is 1. The van der Waals surface area contributed by atoms with Crippen LogP contribution in [0, 0.1) is 5.82 Å². The highest BCUT2D eigenvalue weighted by atomic mass is 32.2. The zero-order valence-corrected chi connectivity index (χ0v) is 13.0. The van der Waals surface area contributed by atoms with E-state index >= 15 is 0 Å². The first-order valence-corrected chi connectivity index (χ1v) is 7.92. The lowest BCUT2D eigenvalue weighted by Crippen LogP contribution is -2.43. The van der Waals surface area contributed by atoms with Crippen molar-refractivity contribution in [3.63, 3.8) is 0 Å². The van der Waals surface area contributed by atoms with Crippen LogP contribution in [0.25, 0.3) is 0 Å². The SMILES string of the molecule is Nc1nc(N)nc(S[C@H]2CCCN(c3ccccc3F)C2=O)n1. The molecule has 0 unspecified atom stereocenters. The maximum Gasteiger partial charge on any atom is 0.240 e.